The Balaban J connectivity index is 1.96. The highest BCUT2D eigenvalue weighted by Crippen LogP contribution is 2.48. The summed E-state index contributed by atoms with van der Waals surface area (Å²) in [5.74, 6) is -1.44. The van der Waals surface area contributed by atoms with Gasteiger partial charge in [0.2, 0.25) is 5.91 Å². The van der Waals surface area contributed by atoms with Crippen molar-refractivity contribution >= 4 is 17.7 Å². The summed E-state index contributed by atoms with van der Waals surface area (Å²) < 4.78 is 18.2. The Bertz CT molecular complexity index is 749. The van der Waals surface area contributed by atoms with E-state index < -0.39 is 17.4 Å². The summed E-state index contributed by atoms with van der Waals surface area (Å²) in [4.78, 5) is 41.8. The van der Waals surface area contributed by atoms with Gasteiger partial charge in [0.05, 0.1) is 13.5 Å². The highest BCUT2D eigenvalue weighted by Gasteiger charge is 2.62. The molecule has 7 heteroatoms. The van der Waals surface area contributed by atoms with E-state index in [1.165, 1.54) is 24.1 Å². The summed E-state index contributed by atoms with van der Waals surface area (Å²) in [5.41, 5.74) is -0.580. The molecule has 0 aliphatic carbocycles. The number of amides is 1. The molecular formula is C20H25FN2O4. The summed E-state index contributed by atoms with van der Waals surface area (Å²) >= 11 is 0. The zero-order valence-electron chi connectivity index (χ0n) is 15.9. The molecule has 1 amide bonds. The average Bonchev–Trinajstić information content (AvgIpc) is 2.95. The molecule has 0 aromatic heterocycles. The van der Waals surface area contributed by atoms with Crippen LogP contribution in [0.4, 0.5) is 4.39 Å². The van der Waals surface area contributed by atoms with Crippen LogP contribution in [0.1, 0.15) is 31.2 Å². The van der Waals surface area contributed by atoms with Crippen molar-refractivity contribution in [3.63, 3.8) is 0 Å². The van der Waals surface area contributed by atoms with E-state index in [1.54, 1.807) is 26.2 Å². The number of carbonyl (C=O) groups excluding carboxylic acids is 3. The third-order valence-electron chi connectivity index (χ3n) is 5.89. The molecule has 3 atom stereocenters. The molecule has 2 heterocycles. The normalized spacial score (nSPS) is 27.5. The van der Waals surface area contributed by atoms with Crippen molar-refractivity contribution in [3.8, 4) is 0 Å². The van der Waals surface area contributed by atoms with Crippen molar-refractivity contribution in [2.75, 3.05) is 21.2 Å². The predicted molar refractivity (Wildman–Crippen MR) is 96.1 cm³/mol. The average molecular weight is 376 g/mol. The number of ketones is 1. The molecule has 2 saturated heterocycles. The second kappa shape index (κ2) is 7.38. The van der Waals surface area contributed by atoms with Crippen molar-refractivity contribution < 1.29 is 23.5 Å². The lowest BCUT2D eigenvalue weighted by molar-refractivity contribution is -0.170. The maximum atomic E-state index is 13.2. The lowest BCUT2D eigenvalue weighted by Gasteiger charge is -2.45. The van der Waals surface area contributed by atoms with Crippen LogP contribution in [-0.2, 0) is 25.7 Å². The molecule has 1 aromatic carbocycles. The van der Waals surface area contributed by atoms with E-state index in [9.17, 15) is 18.8 Å². The second-order valence-corrected chi connectivity index (χ2v) is 7.60. The molecule has 2 aliphatic heterocycles. The highest BCUT2D eigenvalue weighted by atomic mass is 19.1. The minimum atomic E-state index is -1.48. The first-order chi connectivity index (χ1) is 12.8. The summed E-state index contributed by atoms with van der Waals surface area (Å²) in [5, 5.41) is 0. The zero-order valence-corrected chi connectivity index (χ0v) is 15.9. The van der Waals surface area contributed by atoms with E-state index in [0.29, 0.717) is 13.0 Å². The first kappa shape index (κ1) is 19.5. The van der Waals surface area contributed by atoms with Gasteiger partial charge < -0.3 is 9.64 Å². The SMILES string of the molecule is COC(=O)[C@]1(CC(=O)N(C)C)C(=O)C[C@H]2CC[C@H]1N2Cc1ccc(F)cc1. The van der Waals surface area contributed by atoms with Gasteiger partial charge >= 0.3 is 5.97 Å². The minimum absolute atomic E-state index is 0.0276. The van der Waals surface area contributed by atoms with E-state index in [2.05, 4.69) is 4.90 Å². The van der Waals surface area contributed by atoms with Gasteiger partial charge in [-0.1, -0.05) is 12.1 Å². The van der Waals surface area contributed by atoms with Crippen LogP contribution in [0, 0.1) is 11.2 Å². The Morgan fingerprint density at radius 2 is 1.93 bits per heavy atom. The monoisotopic (exact) mass is 376 g/mol. The lowest BCUT2D eigenvalue weighted by Crippen LogP contribution is -2.61. The van der Waals surface area contributed by atoms with Gasteiger partial charge in [-0.25, -0.2) is 4.39 Å². The molecule has 0 saturated carbocycles. The third-order valence-corrected chi connectivity index (χ3v) is 5.89. The van der Waals surface area contributed by atoms with Gasteiger partial charge in [-0.05, 0) is 30.5 Å². The molecule has 6 nitrogen and oxygen atoms in total. The maximum absolute atomic E-state index is 13.2. The molecule has 2 aliphatic rings. The van der Waals surface area contributed by atoms with Crippen LogP contribution >= 0.6 is 0 Å². The minimum Gasteiger partial charge on any atom is -0.468 e. The first-order valence-electron chi connectivity index (χ1n) is 9.11. The summed E-state index contributed by atoms with van der Waals surface area (Å²) in [6, 6.07) is 5.83. The number of nitrogens with zero attached hydrogens (tertiary/aromatic N) is 2. The fourth-order valence-electron chi connectivity index (χ4n) is 4.42. The molecule has 0 unspecified atom stereocenters. The van der Waals surface area contributed by atoms with Gasteiger partial charge in [-0.3, -0.25) is 19.3 Å². The number of hydrogen-bond donors (Lipinski definition) is 0. The number of ether oxygens (including phenoxy) is 1. The topological polar surface area (TPSA) is 66.9 Å². The number of hydrogen-bond acceptors (Lipinski definition) is 5. The van der Waals surface area contributed by atoms with Crippen molar-refractivity contribution in [2.45, 2.75) is 44.3 Å². The Hall–Kier alpha value is -2.28. The Kier molecular flexibility index (Phi) is 5.33. The van der Waals surface area contributed by atoms with Gasteiger partial charge in [-0.15, -0.1) is 0 Å². The van der Waals surface area contributed by atoms with E-state index in [-0.39, 0.29) is 36.4 Å². The molecule has 3 rings (SSSR count). The first-order valence-corrected chi connectivity index (χ1v) is 9.11. The van der Waals surface area contributed by atoms with Crippen molar-refractivity contribution in [1.82, 2.24) is 9.80 Å². The van der Waals surface area contributed by atoms with Crippen LogP contribution in [0.3, 0.4) is 0 Å². The van der Waals surface area contributed by atoms with Gasteiger partial charge in [0.15, 0.2) is 11.2 Å². The molecule has 2 bridgehead atoms. The van der Waals surface area contributed by atoms with Crippen molar-refractivity contribution in [2.24, 2.45) is 5.41 Å². The van der Waals surface area contributed by atoms with Gasteiger partial charge in [0.1, 0.15) is 5.82 Å². The number of carbonyl (C=O) groups is 3. The largest absolute Gasteiger partial charge is 0.468 e. The fourth-order valence-corrected chi connectivity index (χ4v) is 4.42. The van der Waals surface area contributed by atoms with Crippen molar-refractivity contribution in [1.29, 1.82) is 0 Å². The van der Waals surface area contributed by atoms with Crippen LogP contribution in [0.2, 0.25) is 0 Å². The predicted octanol–water partition coefficient (Wildman–Crippen LogP) is 1.77. The number of esters is 1. The van der Waals surface area contributed by atoms with E-state index in [1.807, 2.05) is 0 Å². The van der Waals surface area contributed by atoms with E-state index >= 15 is 0 Å². The number of halogens is 1. The standard InChI is InChI=1S/C20H25FN2O4/c1-22(2)18(25)11-20(19(26)27-3)16-9-8-15(10-17(20)24)23(16)12-13-4-6-14(21)7-5-13/h4-7,15-16H,8-12H2,1-3H3/t15-,16-,20+/m1/s1. The number of benzene rings is 1. The van der Waals surface area contributed by atoms with E-state index in [0.717, 1.165) is 12.0 Å². The van der Waals surface area contributed by atoms with Crippen LogP contribution in [-0.4, -0.2) is 60.7 Å². The highest BCUT2D eigenvalue weighted by molar-refractivity contribution is 6.08. The molecule has 146 valence electrons. The number of methoxy groups -OCH3 is 1. The third kappa shape index (κ3) is 3.36. The quantitative estimate of drug-likeness (QED) is 0.579. The summed E-state index contributed by atoms with van der Waals surface area (Å²) in [6.07, 6.45) is 1.45. The maximum Gasteiger partial charge on any atom is 0.321 e. The van der Waals surface area contributed by atoms with Crippen molar-refractivity contribution in [3.05, 3.63) is 35.6 Å². The van der Waals surface area contributed by atoms with Gasteiger partial charge in [0.25, 0.3) is 0 Å². The van der Waals surface area contributed by atoms with Crippen LogP contribution in [0.5, 0.6) is 0 Å². The number of fused-ring (bicyclic) bond motifs is 2. The fraction of sp³-hybridized carbons (Fsp3) is 0.550. The van der Waals surface area contributed by atoms with Gasteiger partial charge in [0, 0.05) is 39.1 Å². The number of piperidine rings is 1. The molecule has 27 heavy (non-hydrogen) atoms. The van der Waals surface area contributed by atoms with E-state index in [4.69, 9.17) is 4.74 Å². The second-order valence-electron chi connectivity index (χ2n) is 7.60. The molecule has 0 N–H and O–H groups in total. The lowest BCUT2D eigenvalue weighted by atomic mass is 9.69. The molecule has 0 radical (unpaired) electrons. The Morgan fingerprint density at radius 3 is 2.52 bits per heavy atom. The Morgan fingerprint density at radius 1 is 1.26 bits per heavy atom. The Labute approximate surface area is 158 Å². The van der Waals surface area contributed by atoms with Gasteiger partial charge in [-0.2, -0.15) is 0 Å². The van der Waals surface area contributed by atoms with Crippen LogP contribution < -0.4 is 0 Å². The van der Waals surface area contributed by atoms with Crippen LogP contribution in [0.15, 0.2) is 24.3 Å². The molecular weight excluding hydrogens is 351 g/mol. The molecule has 2 fully saturated rings. The number of rotatable bonds is 5. The zero-order chi connectivity index (χ0) is 19.8. The molecule has 0 spiro atoms. The number of Topliss-reactive ketones (excluding diaryl/α,β-unsaturated/α-hetero) is 1. The smallest absolute Gasteiger partial charge is 0.321 e. The summed E-state index contributed by atoms with van der Waals surface area (Å²) in [7, 11) is 4.46. The van der Waals surface area contributed by atoms with Crippen LogP contribution in [0.25, 0.3) is 0 Å². The summed E-state index contributed by atoms with van der Waals surface area (Å²) in [6.45, 7) is 0.498. The molecule has 1 aromatic rings.